The van der Waals surface area contributed by atoms with E-state index in [9.17, 15) is 4.79 Å². The number of hydrogen-bond donors (Lipinski definition) is 2. The van der Waals surface area contributed by atoms with Crippen LogP contribution in [-0.4, -0.2) is 31.8 Å². The smallest absolute Gasteiger partial charge is 0.250 e. The Bertz CT molecular complexity index is 380. The molecule has 0 unspecified atom stereocenters. The Balaban J connectivity index is 2.48. The number of amides is 1. The Morgan fingerprint density at radius 2 is 2.22 bits per heavy atom. The molecule has 0 aliphatic rings. The van der Waals surface area contributed by atoms with Gasteiger partial charge in [0.25, 0.3) is 0 Å². The van der Waals surface area contributed by atoms with Gasteiger partial charge in [-0.2, -0.15) is 0 Å². The Labute approximate surface area is 107 Å². The first-order valence-corrected chi connectivity index (χ1v) is 5.96. The molecular formula is C13H20N2O3. The summed E-state index contributed by atoms with van der Waals surface area (Å²) in [6.45, 7) is 4.72. The third-order valence-electron chi connectivity index (χ3n) is 2.05. The number of anilines is 1. The first kappa shape index (κ1) is 14.5. The van der Waals surface area contributed by atoms with Gasteiger partial charge in [0, 0.05) is 18.3 Å². The summed E-state index contributed by atoms with van der Waals surface area (Å²) in [4.78, 5) is 11.5. The summed E-state index contributed by atoms with van der Waals surface area (Å²) in [5.74, 6) is 0.503. The fourth-order valence-corrected chi connectivity index (χ4v) is 1.28. The fourth-order valence-electron chi connectivity index (χ4n) is 1.28. The number of benzene rings is 1. The number of nitrogens with two attached hydrogens (primary N) is 1. The van der Waals surface area contributed by atoms with E-state index in [-0.39, 0.29) is 18.6 Å². The Hall–Kier alpha value is -1.59. The van der Waals surface area contributed by atoms with E-state index in [0.29, 0.717) is 24.6 Å². The molecule has 5 heteroatoms. The van der Waals surface area contributed by atoms with Crippen molar-refractivity contribution in [2.45, 2.75) is 20.0 Å². The molecule has 0 spiro atoms. The van der Waals surface area contributed by atoms with Gasteiger partial charge in [0.05, 0.1) is 6.10 Å². The van der Waals surface area contributed by atoms with Crippen LogP contribution in [0.25, 0.3) is 0 Å². The van der Waals surface area contributed by atoms with Crippen molar-refractivity contribution in [1.29, 1.82) is 0 Å². The molecule has 0 saturated heterocycles. The van der Waals surface area contributed by atoms with Crippen LogP contribution in [0.1, 0.15) is 13.8 Å². The van der Waals surface area contributed by atoms with Crippen LogP contribution in [-0.2, 0) is 9.53 Å². The largest absolute Gasteiger partial charge is 0.492 e. The van der Waals surface area contributed by atoms with Crippen LogP contribution >= 0.6 is 0 Å². The maximum absolute atomic E-state index is 11.5. The number of carbonyl (C=O) groups excluding carboxylic acids is 1. The lowest BCUT2D eigenvalue weighted by Crippen LogP contribution is -2.20. The number of rotatable bonds is 7. The van der Waals surface area contributed by atoms with Gasteiger partial charge in [-0.15, -0.1) is 0 Å². The minimum absolute atomic E-state index is 0.0370. The second kappa shape index (κ2) is 7.68. The molecule has 18 heavy (non-hydrogen) atoms. The topological polar surface area (TPSA) is 73.6 Å². The van der Waals surface area contributed by atoms with Crippen molar-refractivity contribution in [3.8, 4) is 5.75 Å². The third-order valence-corrected chi connectivity index (χ3v) is 2.05. The summed E-state index contributed by atoms with van der Waals surface area (Å²) in [6.07, 6.45) is 0.0370. The summed E-state index contributed by atoms with van der Waals surface area (Å²) in [7, 11) is 0. The molecule has 0 radical (unpaired) electrons. The van der Waals surface area contributed by atoms with E-state index in [0.717, 1.165) is 0 Å². The zero-order chi connectivity index (χ0) is 13.4. The zero-order valence-electron chi connectivity index (χ0n) is 10.8. The van der Waals surface area contributed by atoms with E-state index in [1.807, 2.05) is 26.0 Å². The molecule has 1 aromatic rings. The van der Waals surface area contributed by atoms with Gasteiger partial charge in [0.2, 0.25) is 5.91 Å². The SMILES string of the molecule is CC(C)OCC(=O)Nc1cccc(OCCN)c1. The minimum Gasteiger partial charge on any atom is -0.492 e. The van der Waals surface area contributed by atoms with Crippen molar-refractivity contribution in [2.75, 3.05) is 25.1 Å². The van der Waals surface area contributed by atoms with E-state index >= 15 is 0 Å². The average molecular weight is 252 g/mol. The van der Waals surface area contributed by atoms with Gasteiger partial charge in [-0.1, -0.05) is 6.07 Å². The highest BCUT2D eigenvalue weighted by Gasteiger charge is 2.04. The molecule has 5 nitrogen and oxygen atoms in total. The molecular weight excluding hydrogens is 232 g/mol. The van der Waals surface area contributed by atoms with E-state index < -0.39 is 0 Å². The summed E-state index contributed by atoms with van der Waals surface area (Å²) in [5, 5.41) is 2.74. The van der Waals surface area contributed by atoms with Gasteiger partial charge in [-0.25, -0.2) is 0 Å². The maximum Gasteiger partial charge on any atom is 0.250 e. The lowest BCUT2D eigenvalue weighted by atomic mass is 10.3. The number of carbonyl (C=O) groups is 1. The second-order valence-corrected chi connectivity index (χ2v) is 4.07. The maximum atomic E-state index is 11.5. The van der Waals surface area contributed by atoms with Crippen LogP contribution in [0, 0.1) is 0 Å². The summed E-state index contributed by atoms with van der Waals surface area (Å²) in [5.41, 5.74) is 6.03. The highest BCUT2D eigenvalue weighted by atomic mass is 16.5. The third kappa shape index (κ3) is 5.65. The lowest BCUT2D eigenvalue weighted by Gasteiger charge is -2.10. The van der Waals surface area contributed by atoms with Crippen LogP contribution in [0.4, 0.5) is 5.69 Å². The molecule has 0 heterocycles. The molecule has 0 saturated carbocycles. The quantitative estimate of drug-likeness (QED) is 0.769. The number of hydrogen-bond acceptors (Lipinski definition) is 4. The van der Waals surface area contributed by atoms with E-state index in [2.05, 4.69) is 5.32 Å². The first-order chi connectivity index (χ1) is 8.61. The standard InChI is InChI=1S/C13H20N2O3/c1-10(2)18-9-13(16)15-11-4-3-5-12(8-11)17-7-6-14/h3-5,8,10H,6-7,9,14H2,1-2H3,(H,15,16). The molecule has 0 aliphatic heterocycles. The molecule has 1 rings (SSSR count). The van der Waals surface area contributed by atoms with E-state index in [1.165, 1.54) is 0 Å². The van der Waals surface area contributed by atoms with Crippen LogP contribution in [0.3, 0.4) is 0 Å². The lowest BCUT2D eigenvalue weighted by molar-refractivity contribution is -0.121. The van der Waals surface area contributed by atoms with Crippen molar-refractivity contribution in [3.63, 3.8) is 0 Å². The molecule has 0 bridgehead atoms. The molecule has 0 aromatic heterocycles. The fraction of sp³-hybridized carbons (Fsp3) is 0.462. The summed E-state index contributed by atoms with van der Waals surface area (Å²) in [6, 6.07) is 7.17. The van der Waals surface area contributed by atoms with Gasteiger partial charge in [-0.05, 0) is 26.0 Å². The predicted molar refractivity (Wildman–Crippen MR) is 70.7 cm³/mol. The van der Waals surface area contributed by atoms with Crippen molar-refractivity contribution in [2.24, 2.45) is 5.73 Å². The Kier molecular flexibility index (Phi) is 6.18. The van der Waals surface area contributed by atoms with E-state index in [4.69, 9.17) is 15.2 Å². The van der Waals surface area contributed by atoms with Gasteiger partial charge >= 0.3 is 0 Å². The molecule has 100 valence electrons. The van der Waals surface area contributed by atoms with Crippen LogP contribution in [0.15, 0.2) is 24.3 Å². The average Bonchev–Trinajstić information content (AvgIpc) is 2.34. The minimum atomic E-state index is -0.181. The molecule has 0 atom stereocenters. The number of nitrogens with one attached hydrogen (secondary N) is 1. The van der Waals surface area contributed by atoms with Gasteiger partial charge in [0.1, 0.15) is 19.0 Å². The Morgan fingerprint density at radius 1 is 1.44 bits per heavy atom. The van der Waals surface area contributed by atoms with Crippen LogP contribution in [0.5, 0.6) is 5.75 Å². The van der Waals surface area contributed by atoms with Gasteiger partial charge in [0.15, 0.2) is 0 Å². The second-order valence-electron chi connectivity index (χ2n) is 4.07. The Morgan fingerprint density at radius 3 is 2.89 bits per heavy atom. The zero-order valence-corrected chi connectivity index (χ0v) is 10.8. The molecule has 1 amide bonds. The predicted octanol–water partition coefficient (Wildman–Crippen LogP) is 1.39. The van der Waals surface area contributed by atoms with Crippen LogP contribution < -0.4 is 15.8 Å². The highest BCUT2D eigenvalue weighted by molar-refractivity contribution is 5.91. The normalized spacial score (nSPS) is 10.4. The first-order valence-electron chi connectivity index (χ1n) is 5.96. The monoisotopic (exact) mass is 252 g/mol. The number of ether oxygens (including phenoxy) is 2. The van der Waals surface area contributed by atoms with Crippen LogP contribution in [0.2, 0.25) is 0 Å². The summed E-state index contributed by atoms with van der Waals surface area (Å²) >= 11 is 0. The van der Waals surface area contributed by atoms with Gasteiger partial charge < -0.3 is 20.5 Å². The van der Waals surface area contributed by atoms with Crippen molar-refractivity contribution in [1.82, 2.24) is 0 Å². The van der Waals surface area contributed by atoms with Crippen molar-refractivity contribution in [3.05, 3.63) is 24.3 Å². The molecule has 0 fully saturated rings. The molecule has 0 aliphatic carbocycles. The van der Waals surface area contributed by atoms with Crippen molar-refractivity contribution >= 4 is 11.6 Å². The highest BCUT2D eigenvalue weighted by Crippen LogP contribution is 2.17. The summed E-state index contributed by atoms with van der Waals surface area (Å²) < 4.78 is 10.6. The van der Waals surface area contributed by atoms with Crippen molar-refractivity contribution < 1.29 is 14.3 Å². The van der Waals surface area contributed by atoms with Gasteiger partial charge in [-0.3, -0.25) is 4.79 Å². The van der Waals surface area contributed by atoms with E-state index in [1.54, 1.807) is 12.1 Å². The molecule has 1 aromatic carbocycles. The molecule has 3 N–H and O–H groups in total.